The highest BCUT2D eigenvalue weighted by atomic mass is 32.2. The van der Waals surface area contributed by atoms with Crippen molar-refractivity contribution in [3.63, 3.8) is 0 Å². The lowest BCUT2D eigenvalue weighted by Gasteiger charge is -2.34. The Hall–Kier alpha value is -1.73. The second-order valence-electron chi connectivity index (χ2n) is 8.02. The Labute approximate surface area is 148 Å². The number of carbonyl (C=O) groups excluding carboxylic acids is 1. The number of benzene rings is 1. The van der Waals surface area contributed by atoms with Crippen molar-refractivity contribution in [2.45, 2.75) is 51.9 Å². The molecule has 2 atom stereocenters. The molecule has 2 aliphatic carbocycles. The molecule has 6 nitrogen and oxygen atoms in total. The summed E-state index contributed by atoms with van der Waals surface area (Å²) in [4.78, 5) is 12.4. The lowest BCUT2D eigenvalue weighted by molar-refractivity contribution is 0.0953. The van der Waals surface area contributed by atoms with Crippen LogP contribution < -0.4 is 10.6 Å². The van der Waals surface area contributed by atoms with Crippen LogP contribution in [0.3, 0.4) is 0 Å². The molecule has 1 amide bonds. The van der Waals surface area contributed by atoms with E-state index in [0.717, 1.165) is 18.6 Å². The molecule has 1 aromatic rings. The SMILES string of the molecule is Cc1ccc(C(=O)N/N=C2/C[C@@H]3CC[C@@]2(C)C3(C)C)cc1S(N)(=O)=O. The van der Waals surface area contributed by atoms with Crippen LogP contribution in [0.15, 0.2) is 28.2 Å². The lowest BCUT2D eigenvalue weighted by Crippen LogP contribution is -2.34. The van der Waals surface area contributed by atoms with Gasteiger partial charge in [-0.1, -0.05) is 26.8 Å². The summed E-state index contributed by atoms with van der Waals surface area (Å²) >= 11 is 0. The van der Waals surface area contributed by atoms with Gasteiger partial charge in [-0.2, -0.15) is 5.10 Å². The van der Waals surface area contributed by atoms with Crippen molar-refractivity contribution in [1.29, 1.82) is 0 Å². The molecule has 2 fully saturated rings. The zero-order chi connectivity index (χ0) is 18.6. The average molecular weight is 363 g/mol. The van der Waals surface area contributed by atoms with Gasteiger partial charge in [0, 0.05) is 16.7 Å². The Morgan fingerprint density at radius 1 is 1.32 bits per heavy atom. The first-order valence-electron chi connectivity index (χ1n) is 8.47. The summed E-state index contributed by atoms with van der Waals surface area (Å²) < 4.78 is 23.2. The molecule has 0 aliphatic heterocycles. The van der Waals surface area contributed by atoms with E-state index in [0.29, 0.717) is 11.5 Å². The molecule has 0 radical (unpaired) electrons. The first kappa shape index (κ1) is 18.1. The van der Waals surface area contributed by atoms with E-state index in [-0.39, 0.29) is 21.3 Å². The Kier molecular flexibility index (Phi) is 4.08. The van der Waals surface area contributed by atoms with E-state index in [2.05, 4.69) is 31.3 Å². The Morgan fingerprint density at radius 2 is 2.00 bits per heavy atom. The monoisotopic (exact) mass is 363 g/mol. The largest absolute Gasteiger partial charge is 0.271 e. The highest BCUT2D eigenvalue weighted by molar-refractivity contribution is 7.89. The van der Waals surface area contributed by atoms with Crippen LogP contribution in [0.4, 0.5) is 0 Å². The number of hydrazone groups is 1. The fourth-order valence-corrected chi connectivity index (χ4v) is 5.14. The Balaban J connectivity index is 1.83. The van der Waals surface area contributed by atoms with Gasteiger partial charge in [0.25, 0.3) is 5.91 Å². The molecule has 2 bridgehead atoms. The molecule has 2 aliphatic rings. The molecule has 0 aromatic heterocycles. The summed E-state index contributed by atoms with van der Waals surface area (Å²) in [5.74, 6) is 0.170. The molecule has 3 N–H and O–H groups in total. The minimum Gasteiger partial charge on any atom is -0.267 e. The maximum Gasteiger partial charge on any atom is 0.271 e. The number of hydrogen-bond donors (Lipinski definition) is 2. The minimum absolute atomic E-state index is 0.00395. The van der Waals surface area contributed by atoms with Crippen LogP contribution >= 0.6 is 0 Å². The fourth-order valence-electron chi connectivity index (χ4n) is 4.33. The highest BCUT2D eigenvalue weighted by Crippen LogP contribution is 2.63. The van der Waals surface area contributed by atoms with Gasteiger partial charge in [0.1, 0.15) is 0 Å². The van der Waals surface area contributed by atoms with E-state index in [1.807, 2.05) is 0 Å². The molecule has 25 heavy (non-hydrogen) atoms. The molecule has 0 spiro atoms. The minimum atomic E-state index is -3.87. The summed E-state index contributed by atoms with van der Waals surface area (Å²) in [6, 6.07) is 4.45. The number of nitrogens with two attached hydrogens (primary N) is 1. The first-order valence-corrected chi connectivity index (χ1v) is 10.0. The van der Waals surface area contributed by atoms with E-state index in [1.54, 1.807) is 19.1 Å². The topological polar surface area (TPSA) is 102 Å². The van der Waals surface area contributed by atoms with Gasteiger partial charge in [0.05, 0.1) is 4.90 Å². The number of fused-ring (bicyclic) bond motifs is 2. The molecular formula is C18H25N3O3S. The number of aryl methyl sites for hydroxylation is 1. The van der Waals surface area contributed by atoms with E-state index in [1.165, 1.54) is 12.5 Å². The predicted molar refractivity (Wildman–Crippen MR) is 96.7 cm³/mol. The molecule has 3 rings (SSSR count). The summed E-state index contributed by atoms with van der Waals surface area (Å²) in [6.45, 7) is 8.40. The van der Waals surface area contributed by atoms with E-state index in [9.17, 15) is 13.2 Å². The predicted octanol–water partition coefficient (Wildman–Crippen LogP) is 2.57. The van der Waals surface area contributed by atoms with Gasteiger partial charge >= 0.3 is 0 Å². The van der Waals surface area contributed by atoms with Crippen molar-refractivity contribution in [2.75, 3.05) is 0 Å². The molecular weight excluding hydrogens is 338 g/mol. The first-order chi connectivity index (χ1) is 11.5. The standard InChI is InChI=1S/C18H25N3O3S/c1-11-5-6-12(9-14(11)25(19,23)24)16(22)21-20-15-10-13-7-8-18(15,4)17(13,2)3/h5-6,9,13H,7-8,10H2,1-4H3,(H,21,22)(H2,19,23,24)/b20-15-/t13-,18+/m0/s1. The van der Waals surface area contributed by atoms with Crippen molar-refractivity contribution >= 4 is 21.6 Å². The summed E-state index contributed by atoms with van der Waals surface area (Å²) in [7, 11) is -3.87. The van der Waals surface area contributed by atoms with Gasteiger partial charge in [-0.05, 0) is 55.2 Å². The van der Waals surface area contributed by atoms with E-state index >= 15 is 0 Å². The number of sulfonamides is 1. The molecule has 136 valence electrons. The van der Waals surface area contributed by atoms with Crippen molar-refractivity contribution in [2.24, 2.45) is 27.0 Å². The summed E-state index contributed by atoms with van der Waals surface area (Å²) in [6.07, 6.45) is 3.19. The van der Waals surface area contributed by atoms with E-state index in [4.69, 9.17) is 5.14 Å². The third-order valence-electron chi connectivity index (χ3n) is 6.56. The van der Waals surface area contributed by atoms with E-state index < -0.39 is 15.9 Å². The van der Waals surface area contributed by atoms with Crippen LogP contribution in [0.2, 0.25) is 0 Å². The maximum atomic E-state index is 12.4. The van der Waals surface area contributed by atoms with Crippen LogP contribution in [-0.2, 0) is 10.0 Å². The van der Waals surface area contributed by atoms with Crippen LogP contribution in [-0.4, -0.2) is 20.0 Å². The number of rotatable bonds is 3. The molecule has 0 saturated heterocycles. The second-order valence-corrected chi connectivity index (χ2v) is 9.55. The van der Waals surface area contributed by atoms with Gasteiger partial charge in [0.2, 0.25) is 10.0 Å². The van der Waals surface area contributed by atoms with Crippen molar-refractivity contribution < 1.29 is 13.2 Å². The molecule has 0 unspecified atom stereocenters. The normalized spacial score (nSPS) is 29.2. The third-order valence-corrected chi connectivity index (χ3v) is 7.61. The quantitative estimate of drug-likeness (QED) is 0.807. The number of amides is 1. The number of carbonyl (C=O) groups is 1. The van der Waals surface area contributed by atoms with Gasteiger partial charge in [0.15, 0.2) is 0 Å². The molecule has 0 heterocycles. The van der Waals surface area contributed by atoms with Crippen LogP contribution in [0.25, 0.3) is 0 Å². The van der Waals surface area contributed by atoms with Gasteiger partial charge in [-0.15, -0.1) is 0 Å². The summed E-state index contributed by atoms with van der Waals surface area (Å²) in [5.41, 5.74) is 4.55. The Bertz CT molecular complexity index is 874. The van der Waals surface area contributed by atoms with Crippen molar-refractivity contribution in [1.82, 2.24) is 5.43 Å². The smallest absolute Gasteiger partial charge is 0.267 e. The van der Waals surface area contributed by atoms with Gasteiger partial charge in [-0.25, -0.2) is 19.0 Å². The number of nitrogens with zero attached hydrogens (tertiary/aromatic N) is 1. The Morgan fingerprint density at radius 3 is 2.52 bits per heavy atom. The van der Waals surface area contributed by atoms with Crippen molar-refractivity contribution in [3.8, 4) is 0 Å². The van der Waals surface area contributed by atoms with Gasteiger partial charge in [-0.3, -0.25) is 4.79 Å². The second kappa shape index (κ2) is 5.64. The molecule has 1 aromatic carbocycles. The van der Waals surface area contributed by atoms with Gasteiger partial charge < -0.3 is 0 Å². The lowest BCUT2D eigenvalue weighted by atomic mass is 9.70. The summed E-state index contributed by atoms with van der Waals surface area (Å²) in [5, 5.41) is 9.60. The molecule has 7 heteroatoms. The molecule has 2 saturated carbocycles. The zero-order valence-electron chi connectivity index (χ0n) is 15.1. The number of nitrogens with one attached hydrogen (secondary N) is 1. The average Bonchev–Trinajstić information content (AvgIpc) is 2.85. The number of primary sulfonamides is 1. The zero-order valence-corrected chi connectivity index (χ0v) is 15.9. The van der Waals surface area contributed by atoms with Crippen LogP contribution in [0.1, 0.15) is 56.0 Å². The maximum absolute atomic E-state index is 12.4. The fraction of sp³-hybridized carbons (Fsp3) is 0.556. The van der Waals surface area contributed by atoms with Crippen LogP contribution in [0.5, 0.6) is 0 Å². The number of hydrogen-bond acceptors (Lipinski definition) is 4. The highest BCUT2D eigenvalue weighted by Gasteiger charge is 2.60. The van der Waals surface area contributed by atoms with Crippen molar-refractivity contribution in [3.05, 3.63) is 29.3 Å². The third kappa shape index (κ3) is 2.79. The van der Waals surface area contributed by atoms with Crippen LogP contribution in [0, 0.1) is 23.7 Å².